The van der Waals surface area contributed by atoms with Gasteiger partial charge in [0.05, 0.1) is 16.9 Å². The number of aromatic nitrogens is 2. The van der Waals surface area contributed by atoms with Crippen molar-refractivity contribution < 1.29 is 0 Å². The van der Waals surface area contributed by atoms with Crippen molar-refractivity contribution in [1.29, 1.82) is 5.41 Å². The lowest BCUT2D eigenvalue weighted by atomic mass is 10.1. The monoisotopic (exact) mass is 247 g/mol. The number of anilines is 1. The van der Waals surface area contributed by atoms with Crippen LogP contribution in [0.25, 0.3) is 5.57 Å². The highest BCUT2D eigenvalue weighted by molar-refractivity contribution is 6.33. The fourth-order valence-corrected chi connectivity index (χ4v) is 1.60. The van der Waals surface area contributed by atoms with Crippen LogP contribution in [0.1, 0.15) is 5.69 Å². The molecule has 6 heteroatoms. The molecule has 0 bridgehead atoms. The molecule has 0 spiro atoms. The molecule has 0 saturated carbocycles. The van der Waals surface area contributed by atoms with Crippen LogP contribution in [-0.2, 0) is 0 Å². The van der Waals surface area contributed by atoms with Crippen molar-refractivity contribution in [1.82, 2.24) is 15.3 Å². The summed E-state index contributed by atoms with van der Waals surface area (Å²) >= 11 is 6.00. The molecule has 0 aromatic carbocycles. The van der Waals surface area contributed by atoms with Crippen molar-refractivity contribution in [2.75, 3.05) is 5.73 Å². The van der Waals surface area contributed by atoms with Gasteiger partial charge >= 0.3 is 0 Å². The second-order valence-electron chi connectivity index (χ2n) is 3.26. The largest absolute Gasteiger partial charge is 0.368 e. The smallest absolute Gasteiger partial charge is 0.220 e. The number of nitrogen functional groups attached to an aromatic ring is 1. The standard InChI is InChI=1S/C11H10ClN5/c12-8-6-16-11(14)17-10(8)7(5-13)9-3-1-2-4-15-9/h1-6,13,15H,(H2,14,16,17)/b9-7+,13-5?. The van der Waals surface area contributed by atoms with Crippen LogP contribution in [0.5, 0.6) is 0 Å². The molecule has 0 fully saturated rings. The molecule has 0 radical (unpaired) electrons. The lowest BCUT2D eigenvalue weighted by molar-refractivity contribution is 1.09. The van der Waals surface area contributed by atoms with Crippen LogP contribution in [0.4, 0.5) is 5.95 Å². The predicted molar refractivity (Wildman–Crippen MR) is 68.6 cm³/mol. The van der Waals surface area contributed by atoms with Gasteiger partial charge in [-0.15, -0.1) is 0 Å². The molecular formula is C11H10ClN5. The van der Waals surface area contributed by atoms with Gasteiger partial charge in [0.2, 0.25) is 5.95 Å². The van der Waals surface area contributed by atoms with Crippen LogP contribution in [0.15, 0.2) is 36.3 Å². The van der Waals surface area contributed by atoms with E-state index >= 15 is 0 Å². The molecule has 1 aliphatic heterocycles. The molecule has 5 nitrogen and oxygen atoms in total. The Hall–Kier alpha value is -2.14. The molecule has 0 amide bonds. The van der Waals surface area contributed by atoms with E-state index in [9.17, 15) is 0 Å². The summed E-state index contributed by atoms with van der Waals surface area (Å²) < 4.78 is 0. The number of halogens is 1. The summed E-state index contributed by atoms with van der Waals surface area (Å²) in [4.78, 5) is 7.83. The van der Waals surface area contributed by atoms with Gasteiger partial charge in [-0.3, -0.25) is 0 Å². The second-order valence-corrected chi connectivity index (χ2v) is 3.67. The summed E-state index contributed by atoms with van der Waals surface area (Å²) in [6.45, 7) is 0. The molecule has 17 heavy (non-hydrogen) atoms. The quantitative estimate of drug-likeness (QED) is 0.695. The number of rotatable bonds is 2. The first kappa shape index (κ1) is 11.3. The van der Waals surface area contributed by atoms with E-state index in [1.54, 1.807) is 6.20 Å². The van der Waals surface area contributed by atoms with E-state index in [1.165, 1.54) is 12.4 Å². The Balaban J connectivity index is 2.56. The number of hydrogen-bond acceptors (Lipinski definition) is 5. The van der Waals surface area contributed by atoms with E-state index in [0.717, 1.165) is 5.70 Å². The minimum Gasteiger partial charge on any atom is -0.368 e. The maximum Gasteiger partial charge on any atom is 0.220 e. The van der Waals surface area contributed by atoms with Gasteiger partial charge in [-0.25, -0.2) is 9.97 Å². The molecule has 0 atom stereocenters. The summed E-state index contributed by atoms with van der Waals surface area (Å²) in [7, 11) is 0. The molecule has 0 saturated heterocycles. The second kappa shape index (κ2) is 4.80. The SMILES string of the molecule is N=C/C(=C1/C=CC=CN1)c1nc(N)ncc1Cl. The number of nitrogens with one attached hydrogen (secondary N) is 2. The Labute approximate surface area is 103 Å². The van der Waals surface area contributed by atoms with Gasteiger partial charge in [-0.2, -0.15) is 0 Å². The van der Waals surface area contributed by atoms with E-state index in [0.29, 0.717) is 16.3 Å². The van der Waals surface area contributed by atoms with Crippen LogP contribution in [0, 0.1) is 5.41 Å². The third-order valence-corrected chi connectivity index (χ3v) is 2.44. The highest BCUT2D eigenvalue weighted by Gasteiger charge is 2.12. The fraction of sp³-hybridized carbons (Fsp3) is 0. The van der Waals surface area contributed by atoms with E-state index < -0.39 is 0 Å². The van der Waals surface area contributed by atoms with Crippen molar-refractivity contribution in [3.63, 3.8) is 0 Å². The third kappa shape index (κ3) is 2.34. The zero-order valence-corrected chi connectivity index (χ0v) is 9.57. The molecule has 1 aromatic rings. The molecule has 4 N–H and O–H groups in total. The van der Waals surface area contributed by atoms with Crippen molar-refractivity contribution in [3.8, 4) is 0 Å². The summed E-state index contributed by atoms with van der Waals surface area (Å²) in [5.41, 5.74) is 7.26. The lowest BCUT2D eigenvalue weighted by Crippen LogP contribution is -2.10. The van der Waals surface area contributed by atoms with Crippen molar-refractivity contribution >= 4 is 29.3 Å². The van der Waals surface area contributed by atoms with Gasteiger partial charge in [-0.1, -0.05) is 17.7 Å². The number of nitrogens with two attached hydrogens (primary N) is 1. The topological polar surface area (TPSA) is 87.7 Å². The van der Waals surface area contributed by atoms with Gasteiger partial charge in [0, 0.05) is 23.7 Å². The van der Waals surface area contributed by atoms with Crippen LogP contribution in [0.3, 0.4) is 0 Å². The molecule has 1 aliphatic rings. The summed E-state index contributed by atoms with van der Waals surface area (Å²) in [5.74, 6) is 0.125. The molecule has 0 unspecified atom stereocenters. The number of dihydropyridines is 1. The Morgan fingerprint density at radius 1 is 1.47 bits per heavy atom. The van der Waals surface area contributed by atoms with Crippen molar-refractivity contribution in [3.05, 3.63) is 47.0 Å². The van der Waals surface area contributed by atoms with E-state index in [1.807, 2.05) is 18.2 Å². The minimum atomic E-state index is 0.125. The van der Waals surface area contributed by atoms with Crippen LogP contribution in [-0.4, -0.2) is 16.2 Å². The molecule has 0 aliphatic carbocycles. The summed E-state index contributed by atoms with van der Waals surface area (Å²) in [6, 6.07) is 0. The normalized spacial score (nSPS) is 16.5. The Morgan fingerprint density at radius 2 is 2.29 bits per heavy atom. The molecular weight excluding hydrogens is 238 g/mol. The van der Waals surface area contributed by atoms with E-state index in [-0.39, 0.29) is 5.95 Å². The van der Waals surface area contributed by atoms with Crippen LogP contribution < -0.4 is 11.1 Å². The van der Waals surface area contributed by atoms with E-state index in [2.05, 4.69) is 15.3 Å². The van der Waals surface area contributed by atoms with Crippen molar-refractivity contribution in [2.24, 2.45) is 0 Å². The van der Waals surface area contributed by atoms with Crippen LogP contribution >= 0.6 is 11.6 Å². The number of hydrogen-bond donors (Lipinski definition) is 3. The Kier molecular flexibility index (Phi) is 3.20. The highest BCUT2D eigenvalue weighted by atomic mass is 35.5. The maximum atomic E-state index is 7.46. The predicted octanol–water partition coefficient (Wildman–Crippen LogP) is 1.75. The molecule has 86 valence electrons. The zero-order chi connectivity index (χ0) is 12.3. The first-order chi connectivity index (χ1) is 8.22. The van der Waals surface area contributed by atoms with E-state index in [4.69, 9.17) is 22.7 Å². The number of nitrogens with zero attached hydrogens (tertiary/aromatic N) is 2. The summed E-state index contributed by atoms with van der Waals surface area (Å²) in [5, 5.41) is 10.8. The molecule has 2 heterocycles. The Morgan fingerprint density at radius 3 is 2.94 bits per heavy atom. The number of allylic oxidation sites excluding steroid dienone is 4. The van der Waals surface area contributed by atoms with Gasteiger partial charge in [0.15, 0.2) is 0 Å². The van der Waals surface area contributed by atoms with Gasteiger partial charge in [-0.05, 0) is 12.2 Å². The molecule has 2 rings (SSSR count). The van der Waals surface area contributed by atoms with Crippen LogP contribution in [0.2, 0.25) is 5.02 Å². The van der Waals surface area contributed by atoms with Gasteiger partial charge in [0.25, 0.3) is 0 Å². The van der Waals surface area contributed by atoms with Crippen molar-refractivity contribution in [2.45, 2.75) is 0 Å². The third-order valence-electron chi connectivity index (χ3n) is 2.16. The lowest BCUT2D eigenvalue weighted by Gasteiger charge is -2.11. The summed E-state index contributed by atoms with van der Waals surface area (Å²) in [6.07, 6.45) is 9.90. The van der Waals surface area contributed by atoms with Gasteiger partial charge in [0.1, 0.15) is 0 Å². The highest BCUT2D eigenvalue weighted by Crippen LogP contribution is 2.23. The zero-order valence-electron chi connectivity index (χ0n) is 8.81. The molecule has 1 aromatic heterocycles. The fourth-order valence-electron chi connectivity index (χ4n) is 1.40. The maximum absolute atomic E-state index is 7.46. The average molecular weight is 248 g/mol. The first-order valence-corrected chi connectivity index (χ1v) is 5.23. The first-order valence-electron chi connectivity index (χ1n) is 4.85. The minimum absolute atomic E-state index is 0.125. The average Bonchev–Trinajstić information content (AvgIpc) is 2.36. The van der Waals surface area contributed by atoms with Gasteiger partial charge < -0.3 is 16.5 Å². The Bertz CT molecular complexity index is 545.